The molecule has 3 aromatic rings. The van der Waals surface area contributed by atoms with Gasteiger partial charge in [-0.2, -0.15) is 0 Å². The van der Waals surface area contributed by atoms with E-state index in [1.165, 1.54) is 21.9 Å². The third-order valence-corrected chi connectivity index (χ3v) is 4.83. The molecule has 138 valence electrons. The van der Waals surface area contributed by atoms with Gasteiger partial charge >= 0.3 is 0 Å². The van der Waals surface area contributed by atoms with Crippen LogP contribution in [0.4, 0.5) is 0 Å². The summed E-state index contributed by atoms with van der Waals surface area (Å²) in [6.07, 6.45) is 2.01. The Morgan fingerprint density at radius 2 is 1.50 bits per heavy atom. The van der Waals surface area contributed by atoms with E-state index in [1.54, 1.807) is 0 Å². The number of halogens is 1. The maximum Gasteiger partial charge on any atom is 0.127 e. The van der Waals surface area contributed by atoms with Gasteiger partial charge in [-0.05, 0) is 50.0 Å². The van der Waals surface area contributed by atoms with Gasteiger partial charge in [0.05, 0.1) is 6.61 Å². The summed E-state index contributed by atoms with van der Waals surface area (Å²) in [7, 11) is 4.26. The Morgan fingerprint density at radius 3 is 2.23 bits per heavy atom. The van der Waals surface area contributed by atoms with Gasteiger partial charge in [-0.25, -0.2) is 0 Å². The van der Waals surface area contributed by atoms with E-state index in [-0.39, 0.29) is 12.4 Å². The maximum absolute atomic E-state index is 6.04. The van der Waals surface area contributed by atoms with Crippen LogP contribution in [0.25, 0.3) is 10.8 Å². The number of ether oxygens (including phenoxy) is 1. The summed E-state index contributed by atoms with van der Waals surface area (Å²) >= 11 is 0. The first-order chi connectivity index (χ1) is 12.1. The molecule has 0 N–H and O–H groups in total. The van der Waals surface area contributed by atoms with Crippen LogP contribution in [0.2, 0.25) is 0 Å². The first-order valence-electron chi connectivity index (χ1n) is 8.98. The van der Waals surface area contributed by atoms with Crippen LogP contribution in [0.15, 0.2) is 66.7 Å². The molecule has 0 saturated carbocycles. The van der Waals surface area contributed by atoms with E-state index in [4.69, 9.17) is 4.74 Å². The summed E-state index contributed by atoms with van der Waals surface area (Å²) in [4.78, 5) is 2.26. The average molecular weight is 370 g/mol. The Kier molecular flexibility index (Phi) is 7.50. The standard InChI is InChI=1S/C23H27NO.ClH/c1-18(24(2)3)17-20-13-11-19(12-14-20)15-16-25-23-10-6-8-21-7-4-5-9-22(21)23;/h4-14,18H,15-17H2,1-3H3;1H. The normalized spacial score (nSPS) is 12.0. The second-order valence-corrected chi connectivity index (χ2v) is 6.91. The van der Waals surface area contributed by atoms with Crippen molar-refractivity contribution in [3.63, 3.8) is 0 Å². The van der Waals surface area contributed by atoms with Gasteiger partial charge in [0.1, 0.15) is 5.75 Å². The molecule has 0 radical (unpaired) electrons. The molecule has 3 rings (SSSR count). The third-order valence-electron chi connectivity index (χ3n) is 4.83. The number of fused-ring (bicyclic) bond motifs is 1. The van der Waals surface area contributed by atoms with Crippen LogP contribution in [-0.4, -0.2) is 31.6 Å². The molecule has 0 spiro atoms. The summed E-state index contributed by atoms with van der Waals surface area (Å²) in [5, 5.41) is 2.40. The summed E-state index contributed by atoms with van der Waals surface area (Å²) < 4.78 is 6.04. The van der Waals surface area contributed by atoms with Crippen LogP contribution in [-0.2, 0) is 12.8 Å². The molecule has 0 bridgehead atoms. The van der Waals surface area contributed by atoms with Crippen molar-refractivity contribution in [1.29, 1.82) is 0 Å². The van der Waals surface area contributed by atoms with Crippen molar-refractivity contribution in [2.24, 2.45) is 0 Å². The van der Waals surface area contributed by atoms with Crippen molar-refractivity contribution in [1.82, 2.24) is 4.90 Å². The fourth-order valence-electron chi connectivity index (χ4n) is 2.97. The molecule has 0 amide bonds. The number of benzene rings is 3. The van der Waals surface area contributed by atoms with E-state index in [2.05, 4.69) is 86.6 Å². The number of hydrogen-bond donors (Lipinski definition) is 0. The third kappa shape index (κ3) is 5.23. The summed E-state index contributed by atoms with van der Waals surface area (Å²) in [5.41, 5.74) is 2.71. The van der Waals surface area contributed by atoms with Crippen LogP contribution in [0.1, 0.15) is 18.1 Å². The number of likely N-dealkylation sites (N-methyl/N-ethyl adjacent to an activating group) is 1. The lowest BCUT2D eigenvalue weighted by Crippen LogP contribution is -2.26. The SMILES string of the molecule is CC(Cc1ccc(CCOc2cccc3ccccc23)cc1)N(C)C.Cl. The highest BCUT2D eigenvalue weighted by atomic mass is 35.5. The van der Waals surface area contributed by atoms with Crippen LogP contribution in [0.3, 0.4) is 0 Å². The quantitative estimate of drug-likeness (QED) is 0.554. The van der Waals surface area contributed by atoms with Crippen molar-refractivity contribution in [2.75, 3.05) is 20.7 Å². The molecule has 26 heavy (non-hydrogen) atoms. The Balaban J connectivity index is 0.00000243. The second kappa shape index (κ2) is 9.61. The van der Waals surface area contributed by atoms with Gasteiger partial charge in [-0.15, -0.1) is 12.4 Å². The van der Waals surface area contributed by atoms with Crippen molar-refractivity contribution in [2.45, 2.75) is 25.8 Å². The molecule has 3 aromatic carbocycles. The summed E-state index contributed by atoms with van der Waals surface area (Å²) in [6.45, 7) is 2.95. The molecule has 0 heterocycles. The largest absolute Gasteiger partial charge is 0.493 e. The number of nitrogens with zero attached hydrogens (tertiary/aromatic N) is 1. The van der Waals surface area contributed by atoms with E-state index >= 15 is 0 Å². The molecule has 1 atom stereocenters. The van der Waals surface area contributed by atoms with Gasteiger partial charge in [0.15, 0.2) is 0 Å². The molecule has 0 aromatic heterocycles. The molecule has 0 aliphatic heterocycles. The Labute approximate surface area is 163 Å². The Morgan fingerprint density at radius 1 is 0.846 bits per heavy atom. The van der Waals surface area contributed by atoms with Crippen LogP contribution in [0.5, 0.6) is 5.75 Å². The lowest BCUT2D eigenvalue weighted by Gasteiger charge is -2.19. The highest BCUT2D eigenvalue weighted by Crippen LogP contribution is 2.25. The highest BCUT2D eigenvalue weighted by Gasteiger charge is 2.06. The van der Waals surface area contributed by atoms with Crippen LogP contribution in [0, 0.1) is 0 Å². The summed E-state index contributed by atoms with van der Waals surface area (Å²) in [5.74, 6) is 0.967. The van der Waals surface area contributed by atoms with E-state index in [1.807, 2.05) is 6.07 Å². The molecule has 1 unspecified atom stereocenters. The number of hydrogen-bond acceptors (Lipinski definition) is 2. The summed E-state index contributed by atoms with van der Waals surface area (Å²) in [6, 6.07) is 24.1. The lowest BCUT2D eigenvalue weighted by molar-refractivity contribution is 0.312. The predicted octanol–water partition coefficient (Wildman–Crippen LogP) is 5.38. The van der Waals surface area contributed by atoms with Gasteiger partial charge in [0.2, 0.25) is 0 Å². The molecule has 0 saturated heterocycles. The van der Waals surface area contributed by atoms with Crippen LogP contribution >= 0.6 is 12.4 Å². The Hall–Kier alpha value is -2.03. The minimum atomic E-state index is 0. The van der Waals surface area contributed by atoms with Gasteiger partial charge in [-0.1, -0.05) is 60.7 Å². The molecule has 0 aliphatic rings. The van der Waals surface area contributed by atoms with Gasteiger partial charge in [-0.3, -0.25) is 0 Å². The van der Waals surface area contributed by atoms with Gasteiger partial charge < -0.3 is 9.64 Å². The topological polar surface area (TPSA) is 12.5 Å². The van der Waals surface area contributed by atoms with E-state index in [9.17, 15) is 0 Å². The minimum Gasteiger partial charge on any atom is -0.493 e. The van der Waals surface area contributed by atoms with E-state index in [0.717, 1.165) is 18.6 Å². The average Bonchev–Trinajstić information content (AvgIpc) is 2.63. The van der Waals surface area contributed by atoms with E-state index in [0.29, 0.717) is 12.6 Å². The molecule has 2 nitrogen and oxygen atoms in total. The van der Waals surface area contributed by atoms with Crippen LogP contribution < -0.4 is 4.74 Å². The molecule has 0 aliphatic carbocycles. The van der Waals surface area contributed by atoms with Gasteiger partial charge in [0, 0.05) is 17.8 Å². The molecular formula is C23H28ClNO. The fraction of sp³-hybridized carbons (Fsp3) is 0.304. The number of rotatable bonds is 7. The zero-order valence-corrected chi connectivity index (χ0v) is 16.6. The van der Waals surface area contributed by atoms with E-state index < -0.39 is 0 Å². The van der Waals surface area contributed by atoms with Crippen molar-refractivity contribution in [3.8, 4) is 5.75 Å². The first kappa shape index (κ1) is 20.3. The maximum atomic E-state index is 6.04. The van der Waals surface area contributed by atoms with Gasteiger partial charge in [0.25, 0.3) is 0 Å². The zero-order chi connectivity index (χ0) is 17.6. The fourth-order valence-corrected chi connectivity index (χ4v) is 2.97. The Bertz CT molecular complexity index is 809. The predicted molar refractivity (Wildman–Crippen MR) is 114 cm³/mol. The second-order valence-electron chi connectivity index (χ2n) is 6.91. The first-order valence-corrected chi connectivity index (χ1v) is 8.98. The highest BCUT2D eigenvalue weighted by molar-refractivity contribution is 5.88. The molecule has 0 fully saturated rings. The monoisotopic (exact) mass is 369 g/mol. The molecular weight excluding hydrogens is 342 g/mol. The van der Waals surface area contributed by atoms with Crippen molar-refractivity contribution < 1.29 is 4.74 Å². The molecule has 3 heteroatoms. The van der Waals surface area contributed by atoms with Crippen molar-refractivity contribution >= 4 is 23.2 Å². The minimum absolute atomic E-state index is 0. The van der Waals surface area contributed by atoms with Crippen molar-refractivity contribution in [3.05, 3.63) is 77.9 Å². The smallest absolute Gasteiger partial charge is 0.127 e. The zero-order valence-electron chi connectivity index (χ0n) is 15.8. The lowest BCUT2D eigenvalue weighted by atomic mass is 10.0.